The van der Waals surface area contributed by atoms with E-state index in [1.54, 1.807) is 6.33 Å². The average molecular weight is 503 g/mol. The standard InChI is InChI=1S/C25H29F3N6O2/c26-25(27,28)17-1-4-29-18(6-17)5-16-7-22(8-16)11-32(12-22)21(35)33-13-23(14-33)9-19(10-23)34-15-30-20(31-34)24(36)2-3-24/h1,4,6,15-16,19,36H,2-3,5,7-14H2. The highest BCUT2D eigenvalue weighted by Crippen LogP contribution is 2.56. The molecule has 5 aliphatic rings. The summed E-state index contributed by atoms with van der Waals surface area (Å²) in [5.74, 6) is 0.861. The number of hydrogen-bond acceptors (Lipinski definition) is 5. The number of carbonyl (C=O) groups is 1. The number of hydrogen-bond donors (Lipinski definition) is 1. The molecule has 2 saturated heterocycles. The molecule has 3 saturated carbocycles. The molecule has 2 aromatic rings. The zero-order valence-electron chi connectivity index (χ0n) is 19.9. The summed E-state index contributed by atoms with van der Waals surface area (Å²) in [5, 5.41) is 14.7. The molecule has 2 amide bonds. The van der Waals surface area contributed by atoms with Crippen LogP contribution in [0.4, 0.5) is 18.0 Å². The predicted molar refractivity (Wildman–Crippen MR) is 120 cm³/mol. The highest BCUT2D eigenvalue weighted by molar-refractivity contribution is 5.77. The fourth-order valence-corrected chi connectivity index (χ4v) is 7.02. The van der Waals surface area contributed by atoms with Crippen LogP contribution in [0.1, 0.15) is 61.6 Å². The molecule has 36 heavy (non-hydrogen) atoms. The summed E-state index contributed by atoms with van der Waals surface area (Å²) < 4.78 is 40.7. The lowest BCUT2D eigenvalue weighted by Gasteiger charge is -2.63. The fraction of sp³-hybridized carbons (Fsp3) is 0.680. The molecule has 7 rings (SSSR count). The van der Waals surface area contributed by atoms with Gasteiger partial charge in [-0.05, 0) is 63.0 Å². The second-order valence-electron chi connectivity index (χ2n) is 12.1. The van der Waals surface area contributed by atoms with Crippen LogP contribution in [0.5, 0.6) is 0 Å². The minimum Gasteiger partial charge on any atom is -0.382 e. The van der Waals surface area contributed by atoms with Gasteiger partial charge in [0.1, 0.15) is 11.9 Å². The Morgan fingerprint density at radius 2 is 1.67 bits per heavy atom. The summed E-state index contributed by atoms with van der Waals surface area (Å²) in [4.78, 5) is 25.2. The van der Waals surface area contributed by atoms with Crippen LogP contribution in [0.2, 0.25) is 0 Å². The molecule has 3 aliphatic carbocycles. The van der Waals surface area contributed by atoms with Crippen molar-refractivity contribution in [1.29, 1.82) is 0 Å². The van der Waals surface area contributed by atoms with E-state index in [1.165, 1.54) is 6.20 Å². The van der Waals surface area contributed by atoms with Gasteiger partial charge < -0.3 is 14.9 Å². The summed E-state index contributed by atoms with van der Waals surface area (Å²) in [7, 11) is 0. The maximum absolute atomic E-state index is 12.9. The normalized spacial score (nSPS) is 25.8. The predicted octanol–water partition coefficient (Wildman–Crippen LogP) is 3.38. The van der Waals surface area contributed by atoms with Crippen LogP contribution in [-0.2, 0) is 18.2 Å². The largest absolute Gasteiger partial charge is 0.416 e. The van der Waals surface area contributed by atoms with Crippen molar-refractivity contribution in [2.24, 2.45) is 16.7 Å². The van der Waals surface area contributed by atoms with Crippen molar-refractivity contribution in [3.8, 4) is 0 Å². The van der Waals surface area contributed by atoms with Gasteiger partial charge in [-0.15, -0.1) is 0 Å². The van der Waals surface area contributed by atoms with Crippen molar-refractivity contribution in [2.75, 3.05) is 26.2 Å². The first kappa shape index (κ1) is 22.5. The topological polar surface area (TPSA) is 87.4 Å². The molecule has 8 nitrogen and oxygen atoms in total. The molecule has 2 spiro atoms. The lowest BCUT2D eigenvalue weighted by atomic mass is 9.56. The monoisotopic (exact) mass is 502 g/mol. The molecular formula is C25H29F3N6O2. The van der Waals surface area contributed by atoms with E-state index in [-0.39, 0.29) is 22.9 Å². The smallest absolute Gasteiger partial charge is 0.382 e. The minimum atomic E-state index is -4.34. The highest BCUT2D eigenvalue weighted by atomic mass is 19.4. The Kier molecular flexibility index (Phi) is 4.50. The fourth-order valence-electron chi connectivity index (χ4n) is 7.02. The van der Waals surface area contributed by atoms with Gasteiger partial charge in [0.25, 0.3) is 0 Å². The number of aromatic nitrogens is 4. The van der Waals surface area contributed by atoms with Crippen molar-refractivity contribution in [3.63, 3.8) is 0 Å². The molecule has 192 valence electrons. The van der Waals surface area contributed by atoms with E-state index in [0.29, 0.717) is 23.9 Å². The van der Waals surface area contributed by atoms with Crippen LogP contribution in [0.3, 0.4) is 0 Å². The molecule has 1 N–H and O–H groups in total. The minimum absolute atomic E-state index is 0.108. The molecular weight excluding hydrogens is 473 g/mol. The molecule has 0 unspecified atom stereocenters. The summed E-state index contributed by atoms with van der Waals surface area (Å²) in [6.45, 7) is 3.05. The number of carbonyl (C=O) groups excluding carboxylic acids is 1. The number of halogens is 3. The first-order valence-electron chi connectivity index (χ1n) is 12.7. The van der Waals surface area contributed by atoms with Crippen LogP contribution < -0.4 is 0 Å². The number of amides is 2. The van der Waals surface area contributed by atoms with E-state index < -0.39 is 17.3 Å². The Labute approximate surface area is 206 Å². The van der Waals surface area contributed by atoms with Gasteiger partial charge in [0.2, 0.25) is 0 Å². The van der Waals surface area contributed by atoms with Gasteiger partial charge in [-0.3, -0.25) is 4.98 Å². The SMILES string of the molecule is O=C(N1CC2(CC(Cc3cc(C(F)(F)F)ccn3)C2)C1)N1CC2(CC(n3cnc(C4(O)CC4)n3)C2)C1. The van der Waals surface area contributed by atoms with Gasteiger partial charge >= 0.3 is 12.2 Å². The van der Waals surface area contributed by atoms with Crippen LogP contribution in [-0.4, -0.2) is 66.9 Å². The zero-order chi connectivity index (χ0) is 24.9. The summed E-state index contributed by atoms with van der Waals surface area (Å²) in [5.41, 5.74) is -0.633. The van der Waals surface area contributed by atoms with E-state index >= 15 is 0 Å². The molecule has 0 radical (unpaired) electrons. The van der Waals surface area contributed by atoms with Crippen molar-refractivity contribution < 1.29 is 23.1 Å². The molecule has 2 aliphatic heterocycles. The number of likely N-dealkylation sites (tertiary alicyclic amines) is 2. The second kappa shape index (κ2) is 7.20. The van der Waals surface area contributed by atoms with Crippen molar-refractivity contribution >= 4 is 6.03 Å². The first-order valence-corrected chi connectivity index (χ1v) is 12.7. The number of pyridine rings is 1. The van der Waals surface area contributed by atoms with Crippen LogP contribution in [0.25, 0.3) is 0 Å². The van der Waals surface area contributed by atoms with Crippen LogP contribution in [0.15, 0.2) is 24.7 Å². The van der Waals surface area contributed by atoms with E-state index in [9.17, 15) is 23.1 Å². The summed E-state index contributed by atoms with van der Waals surface area (Å²) >= 11 is 0. The third-order valence-corrected chi connectivity index (χ3v) is 9.09. The Bertz CT molecular complexity index is 1200. The van der Waals surface area contributed by atoms with Crippen LogP contribution in [0, 0.1) is 16.7 Å². The van der Waals surface area contributed by atoms with Gasteiger partial charge in [0, 0.05) is 48.9 Å². The summed E-state index contributed by atoms with van der Waals surface area (Å²) in [6, 6.07) is 2.56. The van der Waals surface area contributed by atoms with Crippen molar-refractivity contribution in [3.05, 3.63) is 41.7 Å². The van der Waals surface area contributed by atoms with E-state index in [1.807, 2.05) is 14.5 Å². The number of aliphatic hydroxyl groups is 1. The van der Waals surface area contributed by atoms with Crippen molar-refractivity contribution in [1.82, 2.24) is 29.5 Å². The number of rotatable bonds is 4. The van der Waals surface area contributed by atoms with Gasteiger partial charge in [-0.25, -0.2) is 14.5 Å². The molecule has 0 bridgehead atoms. The Balaban J connectivity index is 0.851. The van der Waals surface area contributed by atoms with Crippen molar-refractivity contribution in [2.45, 2.75) is 62.8 Å². The molecule has 4 heterocycles. The number of urea groups is 1. The van der Waals surface area contributed by atoms with Gasteiger partial charge in [-0.2, -0.15) is 18.3 Å². The maximum Gasteiger partial charge on any atom is 0.416 e. The molecule has 0 aromatic carbocycles. The lowest BCUT2D eigenvalue weighted by Crippen LogP contribution is -2.71. The zero-order valence-corrected chi connectivity index (χ0v) is 19.9. The average Bonchev–Trinajstić information content (AvgIpc) is 3.26. The lowest BCUT2D eigenvalue weighted by molar-refractivity contribution is -0.137. The molecule has 2 aromatic heterocycles. The highest BCUT2D eigenvalue weighted by Gasteiger charge is 2.59. The quantitative estimate of drug-likeness (QED) is 0.693. The van der Waals surface area contributed by atoms with E-state index in [0.717, 1.165) is 76.8 Å². The van der Waals surface area contributed by atoms with E-state index in [2.05, 4.69) is 15.1 Å². The summed E-state index contributed by atoms with van der Waals surface area (Å²) in [6.07, 6.45) is 4.47. The third kappa shape index (κ3) is 3.61. The first-order chi connectivity index (χ1) is 17.0. The third-order valence-electron chi connectivity index (χ3n) is 9.09. The van der Waals surface area contributed by atoms with Gasteiger partial charge in [0.15, 0.2) is 5.82 Å². The molecule has 5 fully saturated rings. The van der Waals surface area contributed by atoms with Gasteiger partial charge in [-0.1, -0.05) is 0 Å². The van der Waals surface area contributed by atoms with E-state index in [4.69, 9.17) is 0 Å². The Morgan fingerprint density at radius 1 is 1.03 bits per heavy atom. The molecule has 0 atom stereocenters. The Hall–Kier alpha value is -2.69. The maximum atomic E-state index is 12.9. The number of alkyl halides is 3. The Morgan fingerprint density at radius 3 is 2.28 bits per heavy atom. The second-order valence-corrected chi connectivity index (χ2v) is 12.1. The number of nitrogens with zero attached hydrogens (tertiary/aromatic N) is 6. The van der Waals surface area contributed by atoms with Gasteiger partial charge in [0.05, 0.1) is 11.6 Å². The van der Waals surface area contributed by atoms with Crippen LogP contribution >= 0.6 is 0 Å². The molecule has 11 heteroatoms.